The molecule has 1 amide bonds. The van der Waals surface area contributed by atoms with Gasteiger partial charge in [-0.05, 0) is 31.7 Å². The largest absolute Gasteiger partial charge is 0.355 e. The number of carbonyl (C=O) groups is 1. The number of hydrogen-bond donors (Lipinski definition) is 2. The number of nitrogens with zero attached hydrogens (tertiary/aromatic N) is 1. The van der Waals surface area contributed by atoms with E-state index in [4.69, 9.17) is 5.73 Å². The van der Waals surface area contributed by atoms with Gasteiger partial charge in [-0.1, -0.05) is 36.8 Å². The third kappa shape index (κ3) is 4.83. The van der Waals surface area contributed by atoms with Gasteiger partial charge in [0.25, 0.3) is 0 Å². The zero-order valence-electron chi connectivity index (χ0n) is 12.9. The van der Waals surface area contributed by atoms with E-state index in [1.165, 1.54) is 12.0 Å². The van der Waals surface area contributed by atoms with E-state index in [9.17, 15) is 4.79 Å². The molecule has 3 N–H and O–H groups in total. The maximum atomic E-state index is 12.1. The first kappa shape index (κ1) is 16.0. The lowest BCUT2D eigenvalue weighted by molar-refractivity contribution is -0.123. The summed E-state index contributed by atoms with van der Waals surface area (Å²) < 4.78 is 0. The smallest absolute Gasteiger partial charge is 0.234 e. The number of rotatable bonds is 6. The summed E-state index contributed by atoms with van der Waals surface area (Å²) in [5.41, 5.74) is 7.09. The molecule has 0 radical (unpaired) electrons. The molecule has 0 saturated carbocycles. The number of amides is 1. The Morgan fingerprint density at radius 1 is 1.33 bits per heavy atom. The van der Waals surface area contributed by atoms with Crippen molar-refractivity contribution in [2.75, 3.05) is 19.6 Å². The van der Waals surface area contributed by atoms with Gasteiger partial charge in [-0.3, -0.25) is 9.69 Å². The van der Waals surface area contributed by atoms with E-state index in [1.807, 2.05) is 18.2 Å². The molecule has 0 aromatic heterocycles. The van der Waals surface area contributed by atoms with E-state index in [-0.39, 0.29) is 5.91 Å². The van der Waals surface area contributed by atoms with E-state index in [0.29, 0.717) is 31.7 Å². The molecule has 1 heterocycles. The summed E-state index contributed by atoms with van der Waals surface area (Å²) in [6, 6.07) is 11.0. The first-order valence-electron chi connectivity index (χ1n) is 7.97. The van der Waals surface area contributed by atoms with Crippen LogP contribution in [0.3, 0.4) is 0 Å². The predicted molar refractivity (Wildman–Crippen MR) is 86.0 cm³/mol. The molecule has 116 valence electrons. The second kappa shape index (κ2) is 8.15. The molecule has 1 aromatic rings. The molecule has 2 rings (SSSR count). The maximum absolute atomic E-state index is 12.1. The van der Waals surface area contributed by atoms with Crippen molar-refractivity contribution in [1.82, 2.24) is 10.2 Å². The van der Waals surface area contributed by atoms with Crippen LogP contribution in [-0.4, -0.2) is 42.5 Å². The van der Waals surface area contributed by atoms with Gasteiger partial charge in [0, 0.05) is 25.2 Å². The highest BCUT2D eigenvalue weighted by Gasteiger charge is 2.28. The second-order valence-corrected chi connectivity index (χ2v) is 5.93. The normalized spacial score (nSPS) is 23.0. The summed E-state index contributed by atoms with van der Waals surface area (Å²) in [5.74, 6) is 0.109. The van der Waals surface area contributed by atoms with Crippen LogP contribution in [0.5, 0.6) is 0 Å². The van der Waals surface area contributed by atoms with Gasteiger partial charge in [0.15, 0.2) is 0 Å². The molecule has 1 aromatic carbocycles. The fourth-order valence-corrected chi connectivity index (χ4v) is 3.09. The number of benzene rings is 1. The average molecular weight is 289 g/mol. The molecule has 1 saturated heterocycles. The molecule has 21 heavy (non-hydrogen) atoms. The highest BCUT2D eigenvalue weighted by atomic mass is 16.2. The Morgan fingerprint density at radius 2 is 2.10 bits per heavy atom. The van der Waals surface area contributed by atoms with Gasteiger partial charge < -0.3 is 11.1 Å². The monoisotopic (exact) mass is 289 g/mol. The van der Waals surface area contributed by atoms with Crippen LogP contribution in [0.15, 0.2) is 30.3 Å². The minimum absolute atomic E-state index is 0.109. The number of likely N-dealkylation sites (tertiary alicyclic amines) is 1. The Bertz CT molecular complexity index is 435. The third-order valence-electron chi connectivity index (χ3n) is 4.37. The SMILES string of the molecule is CC1CCCC(CN)N1CC(=O)NCCc1ccccc1. The highest BCUT2D eigenvalue weighted by Crippen LogP contribution is 2.21. The molecule has 2 atom stereocenters. The summed E-state index contributed by atoms with van der Waals surface area (Å²) in [4.78, 5) is 14.4. The molecule has 2 unspecified atom stereocenters. The summed E-state index contributed by atoms with van der Waals surface area (Å²) >= 11 is 0. The number of piperidine rings is 1. The van der Waals surface area contributed by atoms with Gasteiger partial charge in [0.2, 0.25) is 5.91 Å². The predicted octanol–water partition coefficient (Wildman–Crippen LogP) is 1.55. The Balaban J connectivity index is 1.75. The Hall–Kier alpha value is -1.39. The Kier molecular flexibility index (Phi) is 6.21. The van der Waals surface area contributed by atoms with Gasteiger partial charge in [0.05, 0.1) is 6.54 Å². The summed E-state index contributed by atoms with van der Waals surface area (Å²) in [5, 5.41) is 3.02. The molecule has 0 bridgehead atoms. The summed E-state index contributed by atoms with van der Waals surface area (Å²) in [7, 11) is 0. The Labute approximate surface area is 127 Å². The number of carbonyl (C=O) groups excluding carboxylic acids is 1. The standard InChI is InChI=1S/C17H27N3O/c1-14-6-5-9-16(12-18)20(14)13-17(21)19-11-10-15-7-3-2-4-8-15/h2-4,7-8,14,16H,5-6,9-13,18H2,1H3,(H,19,21). The van der Waals surface area contributed by atoms with Crippen molar-refractivity contribution in [3.63, 3.8) is 0 Å². The van der Waals surface area contributed by atoms with Gasteiger partial charge in [-0.25, -0.2) is 0 Å². The maximum Gasteiger partial charge on any atom is 0.234 e. The number of nitrogens with two attached hydrogens (primary N) is 1. The van der Waals surface area contributed by atoms with Crippen LogP contribution in [0.25, 0.3) is 0 Å². The Morgan fingerprint density at radius 3 is 2.81 bits per heavy atom. The van der Waals surface area contributed by atoms with Crippen molar-refractivity contribution in [1.29, 1.82) is 0 Å². The van der Waals surface area contributed by atoms with Gasteiger partial charge in [-0.15, -0.1) is 0 Å². The quantitative estimate of drug-likeness (QED) is 0.835. The van der Waals surface area contributed by atoms with Crippen molar-refractivity contribution < 1.29 is 4.79 Å². The van der Waals surface area contributed by atoms with Crippen molar-refractivity contribution in [3.05, 3.63) is 35.9 Å². The second-order valence-electron chi connectivity index (χ2n) is 5.93. The minimum atomic E-state index is 0.109. The fourth-order valence-electron chi connectivity index (χ4n) is 3.09. The highest BCUT2D eigenvalue weighted by molar-refractivity contribution is 5.78. The van der Waals surface area contributed by atoms with Gasteiger partial charge >= 0.3 is 0 Å². The van der Waals surface area contributed by atoms with E-state index in [0.717, 1.165) is 19.3 Å². The van der Waals surface area contributed by atoms with Crippen molar-refractivity contribution in [2.45, 2.75) is 44.7 Å². The van der Waals surface area contributed by atoms with Gasteiger partial charge in [-0.2, -0.15) is 0 Å². The van der Waals surface area contributed by atoms with E-state index in [1.54, 1.807) is 0 Å². The first-order valence-corrected chi connectivity index (χ1v) is 7.97. The lowest BCUT2D eigenvalue weighted by Gasteiger charge is -2.39. The van der Waals surface area contributed by atoms with E-state index in [2.05, 4.69) is 29.3 Å². The third-order valence-corrected chi connectivity index (χ3v) is 4.37. The number of nitrogens with one attached hydrogen (secondary N) is 1. The van der Waals surface area contributed by atoms with Crippen molar-refractivity contribution in [2.24, 2.45) is 5.73 Å². The molecule has 1 fully saturated rings. The van der Waals surface area contributed by atoms with Crippen LogP contribution in [0.4, 0.5) is 0 Å². The van der Waals surface area contributed by atoms with Crippen LogP contribution in [-0.2, 0) is 11.2 Å². The summed E-state index contributed by atoms with van der Waals surface area (Å²) in [6.45, 7) is 4.00. The zero-order chi connectivity index (χ0) is 15.1. The molecule has 1 aliphatic rings. The van der Waals surface area contributed by atoms with Gasteiger partial charge in [0.1, 0.15) is 0 Å². The molecule has 0 spiro atoms. The lowest BCUT2D eigenvalue weighted by atomic mass is 9.96. The molecule has 4 nitrogen and oxygen atoms in total. The van der Waals surface area contributed by atoms with Crippen LogP contribution < -0.4 is 11.1 Å². The summed E-state index contributed by atoms with van der Waals surface area (Å²) in [6.07, 6.45) is 4.36. The van der Waals surface area contributed by atoms with Crippen LogP contribution in [0.2, 0.25) is 0 Å². The van der Waals surface area contributed by atoms with Crippen LogP contribution in [0, 0.1) is 0 Å². The number of hydrogen-bond acceptors (Lipinski definition) is 3. The van der Waals surface area contributed by atoms with Crippen LogP contribution >= 0.6 is 0 Å². The fraction of sp³-hybridized carbons (Fsp3) is 0.588. The zero-order valence-corrected chi connectivity index (χ0v) is 12.9. The average Bonchev–Trinajstić information content (AvgIpc) is 2.50. The minimum Gasteiger partial charge on any atom is -0.355 e. The molecule has 0 aliphatic carbocycles. The first-order chi connectivity index (χ1) is 10.2. The lowest BCUT2D eigenvalue weighted by Crippen LogP contribution is -2.52. The molecule has 4 heteroatoms. The topological polar surface area (TPSA) is 58.4 Å². The van der Waals surface area contributed by atoms with E-state index < -0.39 is 0 Å². The molecular formula is C17H27N3O. The van der Waals surface area contributed by atoms with Crippen molar-refractivity contribution in [3.8, 4) is 0 Å². The molecular weight excluding hydrogens is 262 g/mol. The molecule has 1 aliphatic heterocycles. The van der Waals surface area contributed by atoms with E-state index >= 15 is 0 Å². The van der Waals surface area contributed by atoms with Crippen LogP contribution in [0.1, 0.15) is 31.7 Å². The van der Waals surface area contributed by atoms with Crippen molar-refractivity contribution >= 4 is 5.91 Å².